The van der Waals surface area contributed by atoms with E-state index in [2.05, 4.69) is 4.85 Å². The molecule has 7 nitrogen and oxygen atoms in total. The number of nitrogens with zero attached hydrogens (tertiary/aromatic N) is 3. The third kappa shape index (κ3) is 1.72. The van der Waals surface area contributed by atoms with Gasteiger partial charge in [0.05, 0.1) is 6.42 Å². The number of hydrogen-bond donors (Lipinski definition) is 0. The normalized spacial score (nSPS) is 40.6. The Morgan fingerprint density at radius 3 is 2.57 bits per heavy atom. The minimum absolute atomic E-state index is 0.150. The molecule has 4 aliphatic rings. The Morgan fingerprint density at radius 1 is 1.21 bits per heavy atom. The van der Waals surface area contributed by atoms with E-state index >= 15 is 0 Å². The first kappa shape index (κ1) is 17.9. The zero-order chi connectivity index (χ0) is 20.1. The van der Waals surface area contributed by atoms with E-state index in [1.807, 2.05) is 19.1 Å². The van der Waals surface area contributed by atoms with Gasteiger partial charge in [0.15, 0.2) is 21.2 Å². The van der Waals surface area contributed by atoms with Crippen LogP contribution < -0.4 is 9.47 Å². The van der Waals surface area contributed by atoms with Crippen LogP contribution in [0.4, 0.5) is 0 Å². The maximum Gasteiger partial charge on any atom is 0.261 e. The van der Waals surface area contributed by atoms with Crippen LogP contribution in [0.15, 0.2) is 18.2 Å². The first-order chi connectivity index (χ1) is 13.2. The van der Waals surface area contributed by atoms with Crippen molar-refractivity contribution in [3.8, 4) is 11.5 Å². The fraction of sp³-hybridized carbons (Fsp3) is 0.526. The highest BCUT2D eigenvalue weighted by molar-refractivity contribution is 8.31. The molecule has 3 fully saturated rings. The van der Waals surface area contributed by atoms with Gasteiger partial charge in [-0.3, -0.25) is 9.59 Å². The molecular weight excluding hydrogens is 398 g/mol. The van der Waals surface area contributed by atoms with Gasteiger partial charge < -0.3 is 24.1 Å². The smallest absolute Gasteiger partial charge is 0.261 e. The lowest BCUT2D eigenvalue weighted by Crippen LogP contribution is -2.60. The van der Waals surface area contributed by atoms with E-state index in [1.54, 1.807) is 24.9 Å². The van der Waals surface area contributed by atoms with E-state index in [4.69, 9.17) is 27.2 Å². The van der Waals surface area contributed by atoms with Crippen molar-refractivity contribution in [3.05, 3.63) is 35.2 Å². The molecule has 0 aliphatic carbocycles. The van der Waals surface area contributed by atoms with Crippen molar-refractivity contribution in [1.29, 1.82) is 0 Å². The van der Waals surface area contributed by atoms with Gasteiger partial charge in [0, 0.05) is 14.0 Å². The Morgan fingerprint density at radius 2 is 1.89 bits per heavy atom. The highest BCUT2D eigenvalue weighted by Crippen LogP contribution is 2.63. The quantitative estimate of drug-likeness (QED) is 0.646. The average Bonchev–Trinajstić information content (AvgIpc) is 3.13. The number of carbonyl (C=O) groups excluding carboxylic acids is 2. The van der Waals surface area contributed by atoms with Crippen LogP contribution in [0.1, 0.15) is 31.9 Å². The molecule has 28 heavy (non-hydrogen) atoms. The number of amides is 2. The molecule has 2 bridgehead atoms. The molecule has 9 heteroatoms. The molecule has 0 aromatic heterocycles. The second-order valence-electron chi connectivity index (χ2n) is 8.03. The minimum atomic E-state index is -1.12. The summed E-state index contributed by atoms with van der Waals surface area (Å²) < 4.78 is 11.3. The van der Waals surface area contributed by atoms with Gasteiger partial charge in [-0.1, -0.05) is 6.07 Å². The van der Waals surface area contributed by atoms with Gasteiger partial charge in [-0.15, -0.1) is 0 Å². The van der Waals surface area contributed by atoms with Gasteiger partial charge in [-0.2, -0.15) is 0 Å². The zero-order valence-corrected chi connectivity index (χ0v) is 17.4. The topological polar surface area (TPSA) is 63.4 Å². The third-order valence-corrected chi connectivity index (χ3v) is 10.6. The summed E-state index contributed by atoms with van der Waals surface area (Å²) in [5.74, 6) is 0.927. The van der Waals surface area contributed by atoms with Crippen molar-refractivity contribution >= 4 is 32.5 Å². The second kappa shape index (κ2) is 5.24. The highest BCUT2D eigenvalue weighted by atomic mass is 32.8. The molecule has 0 N–H and O–H groups in total. The molecule has 1 aromatic carbocycles. The number of fused-ring (bicyclic) bond motifs is 2. The number of likely N-dealkylation sites (N-methyl/N-ethyl adjacent to an activating group) is 1. The highest BCUT2D eigenvalue weighted by Gasteiger charge is 2.82. The van der Waals surface area contributed by atoms with Crippen molar-refractivity contribution < 1.29 is 19.1 Å². The lowest BCUT2D eigenvalue weighted by Gasteiger charge is -2.39. The molecule has 4 heterocycles. The molecule has 5 atom stereocenters. The number of ether oxygens (including phenoxy) is 2. The van der Waals surface area contributed by atoms with Crippen LogP contribution >= 0.6 is 0 Å². The monoisotopic (exact) mass is 417 g/mol. The number of hydrogen-bond acceptors (Lipinski definition) is 5. The van der Waals surface area contributed by atoms with E-state index in [1.165, 1.54) is 4.90 Å². The van der Waals surface area contributed by atoms with E-state index < -0.39 is 30.8 Å². The molecule has 2 amide bonds. The van der Waals surface area contributed by atoms with E-state index in [-0.39, 0.29) is 18.2 Å². The molecule has 4 aliphatic heterocycles. The van der Waals surface area contributed by atoms with Crippen LogP contribution in [-0.2, 0) is 30.2 Å². The van der Waals surface area contributed by atoms with E-state index in [0.29, 0.717) is 24.7 Å². The van der Waals surface area contributed by atoms with Crippen LogP contribution in [0.25, 0.3) is 4.85 Å². The predicted molar refractivity (Wildman–Crippen MR) is 105 cm³/mol. The molecule has 0 saturated carbocycles. The van der Waals surface area contributed by atoms with Gasteiger partial charge in [0.2, 0.25) is 0 Å². The molecule has 0 radical (unpaired) electrons. The van der Waals surface area contributed by atoms with Gasteiger partial charge >= 0.3 is 0 Å². The van der Waals surface area contributed by atoms with Crippen LogP contribution in [0.3, 0.4) is 0 Å². The standard InChI is InChI=1S/C19H19N3O4S2/c1-17(20-3)10-19-16(24)21(4)18(2,28(19)27)15(23)22(19)14(17)11-5-6-12-13(9-11)26-8-7-25-12/h5-6,9,14H,7-8,10H2,1-2,4H3/t14-,17-,18-,19-,28?/m0/s1. The summed E-state index contributed by atoms with van der Waals surface area (Å²) in [7, 11) is 0.703. The first-order valence-corrected chi connectivity index (χ1v) is 11.2. The van der Waals surface area contributed by atoms with Crippen LogP contribution in [0.5, 0.6) is 11.5 Å². The van der Waals surface area contributed by atoms with Crippen molar-refractivity contribution in [2.45, 2.75) is 41.6 Å². The molecular formula is C19H19N3O4S2. The first-order valence-electron chi connectivity index (χ1n) is 9.04. The van der Waals surface area contributed by atoms with Gasteiger partial charge in [0.1, 0.15) is 19.3 Å². The molecule has 3 saturated heterocycles. The summed E-state index contributed by atoms with van der Waals surface area (Å²) in [6.07, 6.45) is 0.250. The van der Waals surface area contributed by atoms with Crippen LogP contribution in [0.2, 0.25) is 0 Å². The summed E-state index contributed by atoms with van der Waals surface area (Å²) in [5.41, 5.74) is -0.183. The van der Waals surface area contributed by atoms with Gasteiger partial charge in [0.25, 0.3) is 17.4 Å². The molecule has 146 valence electrons. The summed E-state index contributed by atoms with van der Waals surface area (Å²) in [6.45, 7) is 12.4. The Kier molecular flexibility index (Phi) is 3.35. The predicted octanol–water partition coefficient (Wildman–Crippen LogP) is 1.39. The SMILES string of the molecule is [C-]#[N+][C@@]1(C)C[C@]23C(=O)N(C)[C@](C)(C(=O)N2[C@H]1c1ccc2c(c1)OCCO2)S3=S. The second-order valence-corrected chi connectivity index (χ2v) is 11.0. The van der Waals surface area contributed by atoms with Crippen LogP contribution in [0, 0.1) is 6.57 Å². The fourth-order valence-corrected chi connectivity index (χ4v) is 8.55. The maximum atomic E-state index is 13.5. The lowest BCUT2D eigenvalue weighted by atomic mass is 9.87. The van der Waals surface area contributed by atoms with Crippen LogP contribution in [-0.4, -0.2) is 57.2 Å². The Labute approximate surface area is 170 Å². The maximum absolute atomic E-state index is 13.5. The number of rotatable bonds is 1. The Hall–Kier alpha value is -2.18. The number of piperazine rings is 1. The van der Waals surface area contributed by atoms with Crippen molar-refractivity contribution in [3.63, 3.8) is 0 Å². The molecule has 1 unspecified atom stereocenters. The number of carbonyl (C=O) groups is 2. The van der Waals surface area contributed by atoms with Crippen molar-refractivity contribution in [2.75, 3.05) is 20.3 Å². The summed E-state index contributed by atoms with van der Waals surface area (Å²) in [6, 6.07) is 4.93. The van der Waals surface area contributed by atoms with E-state index in [0.717, 1.165) is 5.56 Å². The van der Waals surface area contributed by atoms with E-state index in [9.17, 15) is 9.59 Å². The lowest BCUT2D eigenvalue weighted by molar-refractivity contribution is -0.159. The summed E-state index contributed by atoms with van der Waals surface area (Å²) >= 11 is 5.79. The number of benzene rings is 1. The molecule has 1 aromatic rings. The summed E-state index contributed by atoms with van der Waals surface area (Å²) in [4.78, 5) is 31.7. The van der Waals surface area contributed by atoms with Gasteiger partial charge in [-0.05, 0) is 45.3 Å². The Balaban J connectivity index is 1.71. The molecule has 5 rings (SSSR count). The minimum Gasteiger partial charge on any atom is -0.486 e. The largest absolute Gasteiger partial charge is 0.486 e. The van der Waals surface area contributed by atoms with Crippen molar-refractivity contribution in [2.24, 2.45) is 0 Å². The van der Waals surface area contributed by atoms with Gasteiger partial charge in [-0.25, -0.2) is 6.57 Å². The fourth-order valence-electron chi connectivity index (χ4n) is 5.04. The average molecular weight is 418 g/mol. The van der Waals surface area contributed by atoms with Crippen molar-refractivity contribution in [1.82, 2.24) is 9.80 Å². The zero-order valence-electron chi connectivity index (χ0n) is 15.7. The Bertz CT molecular complexity index is 1020. The summed E-state index contributed by atoms with van der Waals surface area (Å²) in [5, 5.41) is 0. The third-order valence-electron chi connectivity index (χ3n) is 6.53. The molecule has 1 spiro atoms.